The second-order valence-electron chi connectivity index (χ2n) is 6.26. The molecule has 3 aromatic carbocycles. The molecule has 0 aromatic heterocycles. The third-order valence-corrected chi connectivity index (χ3v) is 4.36. The maximum Gasteiger partial charge on any atom is 0.262 e. The molecule has 1 heterocycles. The molecular formula is C22H18N2O3. The highest BCUT2D eigenvalue weighted by molar-refractivity contribution is 6.07. The first-order chi connectivity index (χ1) is 13.2. The van der Waals surface area contributed by atoms with E-state index in [1.807, 2.05) is 60.7 Å². The van der Waals surface area contributed by atoms with Gasteiger partial charge >= 0.3 is 0 Å². The van der Waals surface area contributed by atoms with Crippen molar-refractivity contribution in [2.24, 2.45) is 0 Å². The van der Waals surface area contributed by atoms with Gasteiger partial charge in [0, 0.05) is 11.3 Å². The van der Waals surface area contributed by atoms with Crippen LogP contribution in [-0.2, 0) is 11.3 Å². The zero-order valence-electron chi connectivity index (χ0n) is 14.6. The van der Waals surface area contributed by atoms with Gasteiger partial charge in [0.15, 0.2) is 6.61 Å². The Bertz CT molecular complexity index is 971. The largest absolute Gasteiger partial charge is 0.482 e. The first-order valence-corrected chi connectivity index (χ1v) is 8.68. The van der Waals surface area contributed by atoms with Crippen LogP contribution in [0.25, 0.3) is 0 Å². The van der Waals surface area contributed by atoms with E-state index in [0.717, 1.165) is 11.3 Å². The number of carbonyl (C=O) groups excluding carboxylic acids is 2. The smallest absolute Gasteiger partial charge is 0.262 e. The number of carbonyl (C=O) groups is 2. The van der Waals surface area contributed by atoms with E-state index in [9.17, 15) is 9.59 Å². The number of nitrogens with one attached hydrogen (secondary N) is 1. The summed E-state index contributed by atoms with van der Waals surface area (Å²) < 4.78 is 5.37. The lowest BCUT2D eigenvalue weighted by molar-refractivity contribution is -0.118. The molecule has 0 bridgehead atoms. The zero-order valence-corrected chi connectivity index (χ0v) is 14.6. The number of para-hydroxylation sites is 1. The van der Waals surface area contributed by atoms with Crippen LogP contribution in [0.3, 0.4) is 0 Å². The highest BCUT2D eigenvalue weighted by Crippen LogP contribution is 2.30. The van der Waals surface area contributed by atoms with E-state index in [4.69, 9.17) is 4.74 Å². The molecule has 0 aliphatic carbocycles. The maximum atomic E-state index is 13.3. The SMILES string of the molecule is O=C1COc2ccc(C(=O)N(Cc3ccccc3)c3ccccc3)cc2N1. The molecule has 1 aliphatic rings. The van der Waals surface area contributed by atoms with Crippen molar-refractivity contribution in [1.29, 1.82) is 0 Å². The van der Waals surface area contributed by atoms with E-state index in [2.05, 4.69) is 5.32 Å². The molecular weight excluding hydrogens is 340 g/mol. The first kappa shape index (κ1) is 16.8. The maximum absolute atomic E-state index is 13.3. The fourth-order valence-electron chi connectivity index (χ4n) is 3.03. The Hall–Kier alpha value is -3.60. The monoisotopic (exact) mass is 358 g/mol. The lowest BCUT2D eigenvalue weighted by atomic mass is 10.1. The number of ether oxygens (including phenoxy) is 1. The predicted octanol–water partition coefficient (Wildman–Crippen LogP) is 3.86. The minimum atomic E-state index is -0.226. The average molecular weight is 358 g/mol. The minimum absolute atomic E-state index is 0.00948. The van der Waals surface area contributed by atoms with E-state index in [-0.39, 0.29) is 18.4 Å². The van der Waals surface area contributed by atoms with E-state index >= 15 is 0 Å². The van der Waals surface area contributed by atoms with E-state index < -0.39 is 0 Å². The molecule has 2 amide bonds. The van der Waals surface area contributed by atoms with Crippen molar-refractivity contribution in [2.75, 3.05) is 16.8 Å². The molecule has 27 heavy (non-hydrogen) atoms. The third-order valence-electron chi connectivity index (χ3n) is 4.36. The molecule has 0 spiro atoms. The van der Waals surface area contributed by atoms with Crippen LogP contribution >= 0.6 is 0 Å². The van der Waals surface area contributed by atoms with Gasteiger partial charge in [0.05, 0.1) is 12.2 Å². The summed E-state index contributed by atoms with van der Waals surface area (Å²) in [5, 5.41) is 2.75. The topological polar surface area (TPSA) is 58.6 Å². The third kappa shape index (κ3) is 3.67. The number of hydrogen-bond donors (Lipinski definition) is 1. The van der Waals surface area contributed by atoms with Gasteiger partial charge in [0.25, 0.3) is 11.8 Å². The van der Waals surface area contributed by atoms with Gasteiger partial charge in [-0.2, -0.15) is 0 Å². The summed E-state index contributed by atoms with van der Waals surface area (Å²) in [6, 6.07) is 24.5. The number of nitrogens with zero attached hydrogens (tertiary/aromatic N) is 1. The minimum Gasteiger partial charge on any atom is -0.482 e. The summed E-state index contributed by atoms with van der Waals surface area (Å²) in [5.41, 5.74) is 2.85. The van der Waals surface area contributed by atoms with Crippen molar-refractivity contribution in [3.8, 4) is 5.75 Å². The van der Waals surface area contributed by atoms with Crippen LogP contribution in [0, 0.1) is 0 Å². The Morgan fingerprint density at radius 2 is 1.67 bits per heavy atom. The average Bonchev–Trinajstić information content (AvgIpc) is 2.72. The van der Waals surface area contributed by atoms with Crippen LogP contribution in [0.5, 0.6) is 5.75 Å². The number of fused-ring (bicyclic) bond motifs is 1. The van der Waals surface area contributed by atoms with Gasteiger partial charge in [0.1, 0.15) is 5.75 Å². The molecule has 0 saturated heterocycles. The molecule has 0 radical (unpaired) electrons. The number of amides is 2. The summed E-state index contributed by atoms with van der Waals surface area (Å²) >= 11 is 0. The molecule has 5 heteroatoms. The second kappa shape index (κ2) is 7.33. The standard InChI is InChI=1S/C22H18N2O3/c25-21-15-27-20-12-11-17(13-19(20)23-21)22(26)24(18-9-5-2-6-10-18)14-16-7-3-1-4-8-16/h1-13H,14-15H2,(H,23,25). The lowest BCUT2D eigenvalue weighted by Crippen LogP contribution is -2.31. The van der Waals surface area contributed by atoms with E-state index in [1.165, 1.54) is 0 Å². The summed E-state index contributed by atoms with van der Waals surface area (Å²) in [6.07, 6.45) is 0. The molecule has 0 unspecified atom stereocenters. The number of hydrogen-bond acceptors (Lipinski definition) is 3. The predicted molar refractivity (Wildman–Crippen MR) is 104 cm³/mol. The quantitative estimate of drug-likeness (QED) is 0.770. The molecule has 5 nitrogen and oxygen atoms in total. The van der Waals surface area contributed by atoms with Gasteiger partial charge in [-0.25, -0.2) is 0 Å². The van der Waals surface area contributed by atoms with Crippen molar-refractivity contribution in [3.05, 3.63) is 90.0 Å². The number of rotatable bonds is 4. The van der Waals surface area contributed by atoms with Crippen LogP contribution in [-0.4, -0.2) is 18.4 Å². The Kier molecular flexibility index (Phi) is 4.58. The summed E-state index contributed by atoms with van der Waals surface area (Å²) in [6.45, 7) is 0.439. The highest BCUT2D eigenvalue weighted by atomic mass is 16.5. The molecule has 0 atom stereocenters. The first-order valence-electron chi connectivity index (χ1n) is 8.68. The van der Waals surface area contributed by atoms with Gasteiger partial charge in [-0.1, -0.05) is 48.5 Å². The number of anilines is 2. The van der Waals surface area contributed by atoms with Gasteiger partial charge in [-0.3, -0.25) is 9.59 Å². The normalized spacial score (nSPS) is 12.5. The highest BCUT2D eigenvalue weighted by Gasteiger charge is 2.22. The van der Waals surface area contributed by atoms with Crippen LogP contribution in [0.15, 0.2) is 78.9 Å². The summed E-state index contributed by atoms with van der Waals surface area (Å²) in [4.78, 5) is 26.6. The fourth-order valence-corrected chi connectivity index (χ4v) is 3.03. The van der Waals surface area contributed by atoms with Crippen molar-refractivity contribution in [2.45, 2.75) is 6.54 Å². The van der Waals surface area contributed by atoms with Gasteiger partial charge in [0.2, 0.25) is 0 Å². The molecule has 4 rings (SSSR count). The zero-order chi connectivity index (χ0) is 18.6. The van der Waals surface area contributed by atoms with E-state index in [0.29, 0.717) is 23.5 Å². The van der Waals surface area contributed by atoms with E-state index in [1.54, 1.807) is 23.1 Å². The fraction of sp³-hybridized carbons (Fsp3) is 0.0909. The second-order valence-corrected chi connectivity index (χ2v) is 6.26. The van der Waals surface area contributed by atoms with Crippen LogP contribution in [0.4, 0.5) is 11.4 Å². The molecule has 1 aliphatic heterocycles. The molecule has 3 aromatic rings. The molecule has 0 saturated carbocycles. The molecule has 0 fully saturated rings. The van der Waals surface area contributed by atoms with Gasteiger partial charge < -0.3 is 15.0 Å². The molecule has 134 valence electrons. The van der Waals surface area contributed by atoms with Gasteiger partial charge in [-0.15, -0.1) is 0 Å². The van der Waals surface area contributed by atoms with Crippen molar-refractivity contribution < 1.29 is 14.3 Å². The van der Waals surface area contributed by atoms with Gasteiger partial charge in [-0.05, 0) is 35.9 Å². The van der Waals surface area contributed by atoms with Crippen LogP contribution in [0.1, 0.15) is 15.9 Å². The number of benzene rings is 3. The lowest BCUT2D eigenvalue weighted by Gasteiger charge is -2.24. The van der Waals surface area contributed by atoms with Crippen molar-refractivity contribution >= 4 is 23.2 Å². The summed E-state index contributed by atoms with van der Waals surface area (Å²) in [5.74, 6) is 0.199. The Morgan fingerprint density at radius 1 is 0.963 bits per heavy atom. The summed E-state index contributed by atoms with van der Waals surface area (Å²) in [7, 11) is 0. The Labute approximate surface area is 157 Å². The van der Waals surface area contributed by atoms with Crippen LogP contribution in [0.2, 0.25) is 0 Å². The van der Waals surface area contributed by atoms with Crippen LogP contribution < -0.4 is 15.0 Å². The van der Waals surface area contributed by atoms with Crippen molar-refractivity contribution in [3.63, 3.8) is 0 Å². The Balaban J connectivity index is 1.68. The van der Waals surface area contributed by atoms with Crippen molar-refractivity contribution in [1.82, 2.24) is 0 Å². The molecule has 1 N–H and O–H groups in total. The Morgan fingerprint density at radius 3 is 2.41 bits per heavy atom.